The second-order valence-electron chi connectivity index (χ2n) is 8.19. The fraction of sp³-hybridized carbons (Fsp3) is 0.520. The molecule has 0 amide bonds. The smallest absolute Gasteiger partial charge is 0.328 e. The van der Waals surface area contributed by atoms with Gasteiger partial charge in [0.25, 0.3) is 0 Å². The standard InChI is InChI=1S/C15H26NO3P.C9H13N.CH4/c1-12(2)18-20(17,19-13(3)4)16-14(5)11-15-9-7-6-8-10-15;1-8(10)7-9-5-3-2-4-6-9;/h6-10,12-14H,11H2,1-5H3,(H,16,17);2-6,8H,7,10H2,1H3;1H4/t14-;8-;/m00./s1. The lowest BCUT2D eigenvalue weighted by atomic mass is 10.1. The van der Waals surface area contributed by atoms with Gasteiger partial charge in [0.15, 0.2) is 0 Å². The summed E-state index contributed by atoms with van der Waals surface area (Å²) >= 11 is 0. The van der Waals surface area contributed by atoms with E-state index in [2.05, 4.69) is 29.4 Å². The third kappa shape index (κ3) is 14.2. The Morgan fingerprint density at radius 2 is 1.16 bits per heavy atom. The van der Waals surface area contributed by atoms with Gasteiger partial charge < -0.3 is 5.73 Å². The third-order valence-corrected chi connectivity index (χ3v) is 6.02. The van der Waals surface area contributed by atoms with E-state index in [0.29, 0.717) is 0 Å². The molecule has 3 N–H and O–H groups in total. The summed E-state index contributed by atoms with van der Waals surface area (Å²) in [6.45, 7) is 11.4. The Labute approximate surface area is 190 Å². The summed E-state index contributed by atoms with van der Waals surface area (Å²) in [6.07, 6.45) is 1.43. The van der Waals surface area contributed by atoms with Crippen LogP contribution in [0.1, 0.15) is 60.1 Å². The predicted octanol–water partition coefficient (Wildman–Crippen LogP) is 6.38. The van der Waals surface area contributed by atoms with E-state index in [-0.39, 0.29) is 31.7 Å². The van der Waals surface area contributed by atoms with Crippen LogP contribution in [0.2, 0.25) is 0 Å². The van der Waals surface area contributed by atoms with Gasteiger partial charge >= 0.3 is 7.75 Å². The van der Waals surface area contributed by atoms with E-state index < -0.39 is 7.75 Å². The Morgan fingerprint density at radius 1 is 0.774 bits per heavy atom. The highest BCUT2D eigenvalue weighted by atomic mass is 31.2. The van der Waals surface area contributed by atoms with Crippen molar-refractivity contribution < 1.29 is 13.6 Å². The summed E-state index contributed by atoms with van der Waals surface area (Å²) in [5.41, 5.74) is 8.13. The van der Waals surface area contributed by atoms with Crippen molar-refractivity contribution in [3.05, 3.63) is 71.8 Å². The summed E-state index contributed by atoms with van der Waals surface area (Å²) in [7, 11) is -3.27. The summed E-state index contributed by atoms with van der Waals surface area (Å²) in [5.74, 6) is 0. The van der Waals surface area contributed by atoms with E-state index in [0.717, 1.165) is 12.8 Å². The lowest BCUT2D eigenvalue weighted by molar-refractivity contribution is 0.133. The summed E-state index contributed by atoms with van der Waals surface area (Å²) in [5, 5.41) is 3.02. The normalized spacial score (nSPS) is 13.2. The molecule has 5 nitrogen and oxygen atoms in total. The van der Waals surface area contributed by atoms with Gasteiger partial charge in [0.2, 0.25) is 0 Å². The molecule has 0 aromatic heterocycles. The van der Waals surface area contributed by atoms with Gasteiger partial charge in [-0.15, -0.1) is 0 Å². The fourth-order valence-corrected chi connectivity index (χ4v) is 4.82. The molecule has 0 aliphatic heterocycles. The molecule has 176 valence electrons. The van der Waals surface area contributed by atoms with Crippen molar-refractivity contribution in [2.45, 2.75) is 86.1 Å². The predicted molar refractivity (Wildman–Crippen MR) is 133 cm³/mol. The minimum Gasteiger partial charge on any atom is -0.328 e. The number of rotatable bonds is 10. The number of benzene rings is 2. The van der Waals surface area contributed by atoms with E-state index in [1.54, 1.807) is 0 Å². The maximum absolute atomic E-state index is 12.7. The minimum absolute atomic E-state index is 0. The van der Waals surface area contributed by atoms with Crippen molar-refractivity contribution in [3.63, 3.8) is 0 Å². The fourth-order valence-electron chi connectivity index (χ4n) is 2.91. The molecule has 0 aliphatic rings. The highest BCUT2D eigenvalue weighted by Crippen LogP contribution is 2.46. The maximum atomic E-state index is 12.7. The lowest BCUT2D eigenvalue weighted by Crippen LogP contribution is -2.29. The van der Waals surface area contributed by atoms with Gasteiger partial charge in [0.05, 0.1) is 12.2 Å². The molecule has 0 unspecified atom stereocenters. The zero-order valence-electron chi connectivity index (χ0n) is 19.2. The topological polar surface area (TPSA) is 73.6 Å². The lowest BCUT2D eigenvalue weighted by Gasteiger charge is -2.26. The molecule has 2 rings (SSSR count). The van der Waals surface area contributed by atoms with Crippen LogP contribution in [0, 0.1) is 0 Å². The number of nitrogens with two attached hydrogens (primary N) is 1. The van der Waals surface area contributed by atoms with Crippen LogP contribution in [-0.2, 0) is 26.5 Å². The Morgan fingerprint density at radius 3 is 1.52 bits per heavy atom. The number of nitrogens with one attached hydrogen (secondary N) is 1. The van der Waals surface area contributed by atoms with Gasteiger partial charge in [-0.25, -0.2) is 9.65 Å². The molecule has 31 heavy (non-hydrogen) atoms. The minimum atomic E-state index is -3.27. The SMILES string of the molecule is C.CC(C)OP(=O)(N[C@@H](C)Cc1ccccc1)OC(C)C.C[C@H](N)Cc1ccccc1. The Kier molecular flexibility index (Phi) is 14.6. The second-order valence-corrected chi connectivity index (χ2v) is 9.87. The molecule has 0 radical (unpaired) electrons. The molecule has 0 fully saturated rings. The van der Waals surface area contributed by atoms with E-state index in [9.17, 15) is 4.57 Å². The molecule has 0 heterocycles. The van der Waals surface area contributed by atoms with Gasteiger partial charge in [0.1, 0.15) is 0 Å². The number of hydrogen-bond acceptors (Lipinski definition) is 4. The van der Waals surface area contributed by atoms with Crippen molar-refractivity contribution >= 4 is 7.75 Å². The Bertz CT molecular complexity index is 723. The van der Waals surface area contributed by atoms with Crippen molar-refractivity contribution in [1.82, 2.24) is 5.09 Å². The molecule has 6 heteroatoms. The first-order valence-electron chi connectivity index (χ1n) is 10.7. The summed E-state index contributed by atoms with van der Waals surface area (Å²) in [6, 6.07) is 20.6. The molecule has 0 bridgehead atoms. The van der Waals surface area contributed by atoms with Crippen LogP contribution in [-0.4, -0.2) is 24.3 Å². The van der Waals surface area contributed by atoms with Gasteiger partial charge in [0, 0.05) is 12.1 Å². The second kappa shape index (κ2) is 15.3. The van der Waals surface area contributed by atoms with Crippen LogP contribution in [0.4, 0.5) is 0 Å². The average Bonchev–Trinajstić information content (AvgIpc) is 2.61. The molecular formula is C25H43N2O3P. The first-order chi connectivity index (χ1) is 14.1. The molecule has 0 saturated heterocycles. The van der Waals surface area contributed by atoms with Crippen molar-refractivity contribution in [2.24, 2.45) is 5.73 Å². The van der Waals surface area contributed by atoms with Crippen LogP contribution in [0.3, 0.4) is 0 Å². The van der Waals surface area contributed by atoms with Crippen LogP contribution in [0.25, 0.3) is 0 Å². The zero-order chi connectivity index (χ0) is 22.6. The average molecular weight is 451 g/mol. The molecule has 0 aliphatic carbocycles. The van der Waals surface area contributed by atoms with E-state index >= 15 is 0 Å². The molecule has 0 spiro atoms. The van der Waals surface area contributed by atoms with Crippen LogP contribution >= 0.6 is 7.75 Å². The van der Waals surface area contributed by atoms with Crippen molar-refractivity contribution in [3.8, 4) is 0 Å². The van der Waals surface area contributed by atoms with Crippen LogP contribution in [0.5, 0.6) is 0 Å². The molecule has 2 atom stereocenters. The highest BCUT2D eigenvalue weighted by molar-refractivity contribution is 7.51. The van der Waals surface area contributed by atoms with Gasteiger partial charge in [-0.05, 0) is 65.5 Å². The van der Waals surface area contributed by atoms with Crippen molar-refractivity contribution in [2.75, 3.05) is 0 Å². The van der Waals surface area contributed by atoms with E-state index in [4.69, 9.17) is 14.8 Å². The summed E-state index contributed by atoms with van der Waals surface area (Å²) in [4.78, 5) is 0. The third-order valence-electron chi connectivity index (χ3n) is 3.86. The molecular weight excluding hydrogens is 407 g/mol. The Balaban J connectivity index is 0.000000688. The highest BCUT2D eigenvalue weighted by Gasteiger charge is 2.29. The van der Waals surface area contributed by atoms with Crippen molar-refractivity contribution in [1.29, 1.82) is 0 Å². The monoisotopic (exact) mass is 450 g/mol. The van der Waals surface area contributed by atoms with E-state index in [1.807, 2.05) is 77.9 Å². The van der Waals surface area contributed by atoms with E-state index in [1.165, 1.54) is 11.1 Å². The van der Waals surface area contributed by atoms with Crippen LogP contribution in [0.15, 0.2) is 60.7 Å². The molecule has 2 aromatic carbocycles. The zero-order valence-corrected chi connectivity index (χ0v) is 20.1. The van der Waals surface area contributed by atoms with Gasteiger partial charge in [-0.1, -0.05) is 68.1 Å². The van der Waals surface area contributed by atoms with Crippen LogP contribution < -0.4 is 10.8 Å². The Hall–Kier alpha value is -1.49. The summed E-state index contributed by atoms with van der Waals surface area (Å²) < 4.78 is 23.6. The first-order valence-corrected chi connectivity index (χ1v) is 12.2. The maximum Gasteiger partial charge on any atom is 0.406 e. The van der Waals surface area contributed by atoms with Gasteiger partial charge in [-0.3, -0.25) is 9.05 Å². The largest absolute Gasteiger partial charge is 0.406 e. The molecule has 2 aromatic rings. The quantitative estimate of drug-likeness (QED) is 0.411. The first kappa shape index (κ1) is 29.5. The number of hydrogen-bond donors (Lipinski definition) is 2. The van der Waals surface area contributed by atoms with Gasteiger partial charge in [-0.2, -0.15) is 0 Å². The molecule has 0 saturated carbocycles.